The van der Waals surface area contributed by atoms with Crippen LogP contribution in [0.5, 0.6) is 0 Å². The predicted octanol–water partition coefficient (Wildman–Crippen LogP) is 2.83. The van der Waals surface area contributed by atoms with Gasteiger partial charge in [0.25, 0.3) is 0 Å². The van der Waals surface area contributed by atoms with E-state index in [0.29, 0.717) is 12.2 Å². The highest BCUT2D eigenvalue weighted by Gasteiger charge is 2.42. The molecular formula is C17H21NO2. The number of carbonyl (C=O) groups is 1. The Kier molecular flexibility index (Phi) is 3.28. The highest BCUT2D eigenvalue weighted by atomic mass is 16.5. The molecule has 106 valence electrons. The molecule has 1 unspecified atom stereocenters. The minimum Gasteiger partial charge on any atom is -0.463 e. The molecule has 20 heavy (non-hydrogen) atoms. The Hall–Kier alpha value is -1.77. The lowest BCUT2D eigenvalue weighted by atomic mass is 9.70. The Morgan fingerprint density at radius 2 is 2.05 bits per heavy atom. The van der Waals surface area contributed by atoms with Gasteiger partial charge in [-0.1, -0.05) is 24.3 Å². The lowest BCUT2D eigenvalue weighted by molar-refractivity contribution is -0.138. The number of ether oxygens (including phenoxy) is 1. The Morgan fingerprint density at radius 1 is 1.30 bits per heavy atom. The second-order valence-electron chi connectivity index (χ2n) is 5.84. The number of allylic oxidation sites excluding steroid dienone is 1. The van der Waals surface area contributed by atoms with Crippen molar-refractivity contribution in [3.63, 3.8) is 0 Å². The van der Waals surface area contributed by atoms with Gasteiger partial charge in [-0.25, -0.2) is 4.79 Å². The van der Waals surface area contributed by atoms with Crippen molar-refractivity contribution in [2.45, 2.75) is 44.4 Å². The first-order valence-corrected chi connectivity index (χ1v) is 7.39. The average Bonchev–Trinajstić information content (AvgIpc) is 2.78. The van der Waals surface area contributed by atoms with E-state index in [1.807, 2.05) is 6.92 Å². The first-order chi connectivity index (χ1) is 9.66. The van der Waals surface area contributed by atoms with Gasteiger partial charge in [-0.15, -0.1) is 0 Å². The zero-order valence-corrected chi connectivity index (χ0v) is 11.9. The third-order valence-electron chi connectivity index (χ3n) is 4.75. The summed E-state index contributed by atoms with van der Waals surface area (Å²) in [5.74, 6) is -0.230. The summed E-state index contributed by atoms with van der Waals surface area (Å²) in [6.45, 7) is 2.23. The molecule has 0 fully saturated rings. The minimum atomic E-state index is -0.230. The topological polar surface area (TPSA) is 52.3 Å². The van der Waals surface area contributed by atoms with Crippen molar-refractivity contribution in [3.8, 4) is 0 Å². The zero-order chi connectivity index (χ0) is 14.2. The Morgan fingerprint density at radius 3 is 2.80 bits per heavy atom. The van der Waals surface area contributed by atoms with Crippen molar-refractivity contribution in [1.82, 2.24) is 0 Å². The molecule has 0 aliphatic heterocycles. The van der Waals surface area contributed by atoms with E-state index in [-0.39, 0.29) is 11.4 Å². The second kappa shape index (κ2) is 4.97. The fourth-order valence-corrected chi connectivity index (χ4v) is 3.74. The van der Waals surface area contributed by atoms with Crippen LogP contribution in [-0.4, -0.2) is 12.6 Å². The van der Waals surface area contributed by atoms with Crippen LogP contribution in [-0.2, 0) is 21.4 Å². The van der Waals surface area contributed by atoms with E-state index in [9.17, 15) is 4.79 Å². The molecule has 3 rings (SSSR count). The van der Waals surface area contributed by atoms with Crippen LogP contribution in [0.2, 0.25) is 0 Å². The van der Waals surface area contributed by atoms with Crippen molar-refractivity contribution in [2.75, 3.05) is 6.61 Å². The number of carbonyl (C=O) groups excluding carboxylic acids is 1. The zero-order valence-electron chi connectivity index (χ0n) is 11.9. The summed E-state index contributed by atoms with van der Waals surface area (Å²) in [4.78, 5) is 11.9. The van der Waals surface area contributed by atoms with E-state index in [1.54, 1.807) is 0 Å². The predicted molar refractivity (Wildman–Crippen MR) is 78.1 cm³/mol. The molecule has 2 aliphatic rings. The molecule has 1 aromatic rings. The molecule has 3 nitrogen and oxygen atoms in total. The Bertz CT molecular complexity index is 576. The molecular weight excluding hydrogens is 250 g/mol. The van der Waals surface area contributed by atoms with E-state index in [0.717, 1.165) is 37.8 Å². The van der Waals surface area contributed by atoms with Crippen LogP contribution in [0.1, 0.15) is 43.7 Å². The van der Waals surface area contributed by atoms with Crippen LogP contribution in [0.25, 0.3) is 0 Å². The van der Waals surface area contributed by atoms with Crippen LogP contribution in [0, 0.1) is 0 Å². The molecule has 0 aromatic heterocycles. The summed E-state index contributed by atoms with van der Waals surface area (Å²) in [6.07, 6.45) is 4.79. The van der Waals surface area contributed by atoms with Gasteiger partial charge in [-0.05, 0) is 50.2 Å². The number of nitrogens with two attached hydrogens (primary N) is 1. The molecule has 1 spiro atoms. The summed E-state index contributed by atoms with van der Waals surface area (Å²) in [5, 5.41) is 0. The minimum absolute atomic E-state index is 0.149. The number of hydrogen-bond donors (Lipinski definition) is 1. The Balaban J connectivity index is 1.90. The van der Waals surface area contributed by atoms with E-state index in [2.05, 4.69) is 24.3 Å². The maximum Gasteiger partial charge on any atom is 0.335 e. The summed E-state index contributed by atoms with van der Waals surface area (Å²) < 4.78 is 5.10. The van der Waals surface area contributed by atoms with Gasteiger partial charge in [-0.3, -0.25) is 0 Å². The standard InChI is InChI=1S/C17H21NO2/c1-2-20-16(19)13-8-10-17(11-15(13)18)9-7-12-5-3-4-6-14(12)17/h3-6H,2,7-11,18H2,1H3. The van der Waals surface area contributed by atoms with Gasteiger partial charge in [0.1, 0.15) is 0 Å². The largest absolute Gasteiger partial charge is 0.463 e. The number of aryl methyl sites for hydroxylation is 1. The number of benzene rings is 1. The lowest BCUT2D eigenvalue weighted by Crippen LogP contribution is -2.32. The highest BCUT2D eigenvalue weighted by Crippen LogP contribution is 2.49. The second-order valence-corrected chi connectivity index (χ2v) is 5.84. The van der Waals surface area contributed by atoms with E-state index >= 15 is 0 Å². The molecule has 0 saturated carbocycles. The fraction of sp³-hybridized carbons (Fsp3) is 0.471. The number of fused-ring (bicyclic) bond motifs is 2. The van der Waals surface area contributed by atoms with Crippen LogP contribution in [0.15, 0.2) is 35.5 Å². The van der Waals surface area contributed by atoms with Crippen LogP contribution in [0.3, 0.4) is 0 Å². The van der Waals surface area contributed by atoms with Gasteiger partial charge in [-0.2, -0.15) is 0 Å². The van der Waals surface area contributed by atoms with Gasteiger partial charge in [0.15, 0.2) is 0 Å². The van der Waals surface area contributed by atoms with E-state index < -0.39 is 0 Å². The molecule has 2 aliphatic carbocycles. The monoisotopic (exact) mass is 271 g/mol. The third kappa shape index (κ3) is 2.01. The van der Waals surface area contributed by atoms with Crippen molar-refractivity contribution in [2.24, 2.45) is 5.73 Å². The normalized spacial score (nSPS) is 24.9. The maximum absolute atomic E-state index is 11.9. The summed E-state index contributed by atoms with van der Waals surface area (Å²) in [6, 6.07) is 8.65. The molecule has 0 amide bonds. The lowest BCUT2D eigenvalue weighted by Gasteiger charge is -2.35. The molecule has 1 atom stereocenters. The molecule has 0 radical (unpaired) electrons. The quantitative estimate of drug-likeness (QED) is 0.841. The molecule has 0 bridgehead atoms. The fourth-order valence-electron chi connectivity index (χ4n) is 3.74. The number of hydrogen-bond acceptors (Lipinski definition) is 3. The highest BCUT2D eigenvalue weighted by molar-refractivity contribution is 5.89. The number of rotatable bonds is 2. The third-order valence-corrected chi connectivity index (χ3v) is 4.75. The molecule has 0 heterocycles. The maximum atomic E-state index is 11.9. The van der Waals surface area contributed by atoms with Gasteiger partial charge >= 0.3 is 5.97 Å². The van der Waals surface area contributed by atoms with E-state index in [1.165, 1.54) is 11.1 Å². The van der Waals surface area contributed by atoms with Crippen LogP contribution >= 0.6 is 0 Å². The molecule has 1 aromatic carbocycles. The van der Waals surface area contributed by atoms with Crippen molar-refractivity contribution < 1.29 is 9.53 Å². The SMILES string of the molecule is CCOC(=O)C1=C(N)CC2(CC1)CCc1ccccc12. The van der Waals surface area contributed by atoms with E-state index in [4.69, 9.17) is 10.5 Å². The summed E-state index contributed by atoms with van der Waals surface area (Å²) in [5.41, 5.74) is 10.7. The summed E-state index contributed by atoms with van der Waals surface area (Å²) >= 11 is 0. The van der Waals surface area contributed by atoms with Crippen molar-refractivity contribution in [1.29, 1.82) is 0 Å². The van der Waals surface area contributed by atoms with Crippen molar-refractivity contribution >= 4 is 5.97 Å². The number of esters is 1. The van der Waals surface area contributed by atoms with Gasteiger partial charge < -0.3 is 10.5 Å². The molecule has 2 N–H and O–H groups in total. The van der Waals surface area contributed by atoms with Crippen LogP contribution < -0.4 is 5.73 Å². The average molecular weight is 271 g/mol. The summed E-state index contributed by atoms with van der Waals surface area (Å²) in [7, 11) is 0. The molecule has 0 saturated heterocycles. The van der Waals surface area contributed by atoms with Crippen molar-refractivity contribution in [3.05, 3.63) is 46.7 Å². The van der Waals surface area contributed by atoms with Gasteiger partial charge in [0.05, 0.1) is 12.2 Å². The smallest absolute Gasteiger partial charge is 0.335 e. The molecule has 3 heteroatoms. The first-order valence-electron chi connectivity index (χ1n) is 7.39. The first kappa shape index (κ1) is 13.2. The van der Waals surface area contributed by atoms with Crippen LogP contribution in [0.4, 0.5) is 0 Å². The van der Waals surface area contributed by atoms with Gasteiger partial charge in [0.2, 0.25) is 0 Å². The Labute approximate surface area is 119 Å². The van der Waals surface area contributed by atoms with Gasteiger partial charge in [0, 0.05) is 11.1 Å².